The third-order valence-electron chi connectivity index (χ3n) is 6.81. The summed E-state index contributed by atoms with van der Waals surface area (Å²) < 4.78 is 54.8. The summed E-state index contributed by atoms with van der Waals surface area (Å²) in [5, 5.41) is 4.20. The van der Waals surface area contributed by atoms with Crippen molar-refractivity contribution in [3.8, 4) is 11.6 Å². The number of aromatic amines is 1. The second-order valence-electron chi connectivity index (χ2n) is 11.4. The Hall–Kier alpha value is -4.42. The van der Waals surface area contributed by atoms with E-state index >= 15 is 0 Å². The lowest BCUT2D eigenvalue weighted by Crippen LogP contribution is -2.36. The Balaban J connectivity index is 1.39. The average molecular weight is 585 g/mol. The Bertz CT molecular complexity index is 1670. The predicted octanol–water partition coefficient (Wildman–Crippen LogP) is 5.12. The van der Waals surface area contributed by atoms with Crippen LogP contribution in [0.4, 0.5) is 18.0 Å². The number of rotatable bonds is 5. The third-order valence-corrected chi connectivity index (χ3v) is 6.81. The maximum atomic E-state index is 14.0. The van der Waals surface area contributed by atoms with Crippen LogP contribution in [0.2, 0.25) is 0 Å². The molecule has 1 aliphatic heterocycles. The van der Waals surface area contributed by atoms with Gasteiger partial charge in [0.1, 0.15) is 23.3 Å². The van der Waals surface area contributed by atoms with Crippen molar-refractivity contribution in [3.63, 3.8) is 0 Å². The molecule has 13 heteroatoms. The van der Waals surface area contributed by atoms with Crippen LogP contribution >= 0.6 is 0 Å². The zero-order valence-electron chi connectivity index (χ0n) is 23.9. The smallest absolute Gasteiger partial charge is 0.419 e. The van der Waals surface area contributed by atoms with Crippen molar-refractivity contribution < 1.29 is 27.4 Å². The molecule has 1 saturated heterocycles. The maximum absolute atomic E-state index is 14.0. The molecule has 1 atom stereocenters. The van der Waals surface area contributed by atoms with Crippen LogP contribution in [0.15, 0.2) is 41.5 Å². The summed E-state index contributed by atoms with van der Waals surface area (Å²) in [5.41, 5.74) is 0.230. The van der Waals surface area contributed by atoms with Crippen molar-refractivity contribution in [2.75, 3.05) is 13.1 Å². The van der Waals surface area contributed by atoms with E-state index in [1.165, 1.54) is 4.90 Å². The first-order valence-corrected chi connectivity index (χ1v) is 13.4. The van der Waals surface area contributed by atoms with Gasteiger partial charge in [0.15, 0.2) is 5.82 Å². The Morgan fingerprint density at radius 2 is 1.93 bits per heavy atom. The van der Waals surface area contributed by atoms with Crippen molar-refractivity contribution in [1.82, 2.24) is 29.6 Å². The normalized spacial score (nSPS) is 15.8. The number of aryl methyl sites for hydroxylation is 2. The van der Waals surface area contributed by atoms with Crippen LogP contribution in [-0.2, 0) is 17.3 Å². The molecule has 4 aromatic rings. The fraction of sp³-hybridized carbons (Fsp3) is 0.414. The number of carbonyl (C=O) groups is 1. The highest BCUT2D eigenvalue weighted by atomic mass is 19.4. The molecule has 0 radical (unpaired) electrons. The second kappa shape index (κ2) is 10.8. The molecule has 42 heavy (non-hydrogen) atoms. The van der Waals surface area contributed by atoms with E-state index in [0.717, 1.165) is 29.0 Å². The molecule has 3 aromatic heterocycles. The third kappa shape index (κ3) is 6.39. The topological polar surface area (TPSA) is 115 Å². The summed E-state index contributed by atoms with van der Waals surface area (Å²) in [7, 11) is 0. The van der Waals surface area contributed by atoms with Crippen LogP contribution in [0.3, 0.4) is 0 Å². The fourth-order valence-electron chi connectivity index (χ4n) is 4.63. The molecular weight excluding hydrogens is 553 g/mol. The Labute approximate surface area is 239 Å². The highest BCUT2D eigenvalue weighted by Gasteiger charge is 2.37. The SMILES string of the molecule is Cc1cn(-c2ccc(Cc3nc4cc(O[C@@H]5CCN(C(=O)OC(C)(C)C)C5)c(C(F)(F)F)cc4c(=O)[nH]3)cn2)nc1C. The van der Waals surface area contributed by atoms with Gasteiger partial charge in [-0.1, -0.05) is 6.07 Å². The number of benzene rings is 1. The molecule has 222 valence electrons. The van der Waals surface area contributed by atoms with Crippen molar-refractivity contribution in [2.24, 2.45) is 0 Å². The van der Waals surface area contributed by atoms with Crippen LogP contribution < -0.4 is 10.3 Å². The van der Waals surface area contributed by atoms with E-state index in [1.54, 1.807) is 37.7 Å². The summed E-state index contributed by atoms with van der Waals surface area (Å²) in [6, 6.07) is 5.49. The Morgan fingerprint density at radius 1 is 1.17 bits per heavy atom. The van der Waals surface area contributed by atoms with Crippen molar-refractivity contribution in [3.05, 3.63) is 75.2 Å². The molecule has 4 heterocycles. The lowest BCUT2D eigenvalue weighted by molar-refractivity contribution is -0.139. The molecule has 0 aliphatic carbocycles. The Morgan fingerprint density at radius 3 is 2.55 bits per heavy atom. The fourth-order valence-corrected chi connectivity index (χ4v) is 4.63. The van der Waals surface area contributed by atoms with E-state index < -0.39 is 40.8 Å². The minimum atomic E-state index is -4.78. The largest absolute Gasteiger partial charge is 0.488 e. The van der Waals surface area contributed by atoms with Gasteiger partial charge in [0.05, 0.1) is 28.7 Å². The summed E-state index contributed by atoms with van der Waals surface area (Å²) in [5.74, 6) is 0.426. The second-order valence-corrected chi connectivity index (χ2v) is 11.4. The molecule has 5 rings (SSSR count). The number of pyridine rings is 1. The van der Waals surface area contributed by atoms with Gasteiger partial charge < -0.3 is 19.4 Å². The number of alkyl halides is 3. The van der Waals surface area contributed by atoms with E-state index in [4.69, 9.17) is 9.47 Å². The average Bonchev–Trinajstić information content (AvgIpc) is 3.48. The molecule has 0 spiro atoms. The van der Waals surface area contributed by atoms with Crippen LogP contribution in [0, 0.1) is 13.8 Å². The van der Waals surface area contributed by atoms with E-state index in [0.29, 0.717) is 12.2 Å². The minimum Gasteiger partial charge on any atom is -0.488 e. The monoisotopic (exact) mass is 584 g/mol. The number of H-pyrrole nitrogens is 1. The number of aromatic nitrogens is 5. The maximum Gasteiger partial charge on any atom is 0.419 e. The van der Waals surface area contributed by atoms with Gasteiger partial charge in [-0.3, -0.25) is 4.79 Å². The summed E-state index contributed by atoms with van der Waals surface area (Å²) in [6.07, 6.45) is -2.01. The number of nitrogens with zero attached hydrogens (tertiary/aromatic N) is 5. The molecule has 0 bridgehead atoms. The number of likely N-dealkylation sites (tertiary alicyclic amines) is 1. The number of hydrogen-bond acceptors (Lipinski definition) is 7. The number of fused-ring (bicyclic) bond motifs is 1. The van der Waals surface area contributed by atoms with Crippen LogP contribution in [0.5, 0.6) is 5.75 Å². The molecule has 1 fully saturated rings. The molecule has 10 nitrogen and oxygen atoms in total. The van der Waals surface area contributed by atoms with E-state index in [9.17, 15) is 22.8 Å². The van der Waals surface area contributed by atoms with E-state index in [1.807, 2.05) is 26.1 Å². The van der Waals surface area contributed by atoms with Gasteiger partial charge >= 0.3 is 12.3 Å². The highest BCUT2D eigenvalue weighted by Crippen LogP contribution is 2.39. The molecule has 0 unspecified atom stereocenters. The van der Waals surface area contributed by atoms with Gasteiger partial charge in [-0.25, -0.2) is 19.4 Å². The summed E-state index contributed by atoms with van der Waals surface area (Å²) in [4.78, 5) is 38.1. The van der Waals surface area contributed by atoms with Crippen molar-refractivity contribution in [2.45, 2.75) is 65.3 Å². The van der Waals surface area contributed by atoms with Gasteiger partial charge in [0.2, 0.25) is 0 Å². The standard InChI is InChI=1S/C29H31F3N6O4/c1-16-14-38(36-17(16)2)25-7-6-18(13-33-25)10-24-34-22-12-23(21(29(30,31)32)11-20(22)26(39)35-24)41-19-8-9-37(15-19)27(40)42-28(3,4)5/h6-7,11-14,19H,8-10,15H2,1-5H3,(H,34,35,39)/t19-/m1/s1. The van der Waals surface area contributed by atoms with Crippen LogP contribution in [0.25, 0.3) is 16.7 Å². The first-order valence-electron chi connectivity index (χ1n) is 13.4. The number of hydrogen-bond donors (Lipinski definition) is 1. The molecule has 1 aromatic carbocycles. The molecular formula is C29H31F3N6O4. The predicted molar refractivity (Wildman–Crippen MR) is 148 cm³/mol. The zero-order chi connectivity index (χ0) is 30.4. The number of ether oxygens (including phenoxy) is 2. The lowest BCUT2D eigenvalue weighted by Gasteiger charge is -2.24. The molecule has 1 aliphatic rings. The number of nitrogens with one attached hydrogen (secondary N) is 1. The molecule has 1 N–H and O–H groups in total. The van der Waals surface area contributed by atoms with Crippen LogP contribution in [0.1, 0.15) is 55.4 Å². The van der Waals surface area contributed by atoms with Gasteiger partial charge in [-0.05, 0) is 57.9 Å². The molecule has 0 saturated carbocycles. The highest BCUT2D eigenvalue weighted by molar-refractivity contribution is 5.81. The first-order chi connectivity index (χ1) is 19.7. The summed E-state index contributed by atoms with van der Waals surface area (Å²) >= 11 is 0. The minimum absolute atomic E-state index is 0.0609. The Kier molecular flexibility index (Phi) is 7.46. The quantitative estimate of drug-likeness (QED) is 0.346. The number of halogens is 3. The van der Waals surface area contributed by atoms with Gasteiger partial charge in [0.25, 0.3) is 5.56 Å². The van der Waals surface area contributed by atoms with Gasteiger partial charge in [-0.2, -0.15) is 18.3 Å². The summed E-state index contributed by atoms with van der Waals surface area (Å²) in [6.45, 7) is 9.41. The zero-order valence-corrected chi connectivity index (χ0v) is 23.9. The van der Waals surface area contributed by atoms with Gasteiger partial charge in [0, 0.05) is 37.8 Å². The van der Waals surface area contributed by atoms with Crippen molar-refractivity contribution in [1.29, 1.82) is 0 Å². The van der Waals surface area contributed by atoms with Crippen molar-refractivity contribution >= 4 is 17.0 Å². The first kappa shape index (κ1) is 29.1. The van der Waals surface area contributed by atoms with Crippen LogP contribution in [-0.4, -0.2) is 60.5 Å². The van der Waals surface area contributed by atoms with Gasteiger partial charge in [-0.15, -0.1) is 0 Å². The number of amides is 1. The van der Waals surface area contributed by atoms with E-state index in [-0.39, 0.29) is 36.2 Å². The van der Waals surface area contributed by atoms with E-state index in [2.05, 4.69) is 20.1 Å². The lowest BCUT2D eigenvalue weighted by atomic mass is 10.1. The number of carbonyl (C=O) groups excluding carboxylic acids is 1. The molecule has 1 amide bonds.